The van der Waals surface area contributed by atoms with E-state index in [9.17, 15) is 14.7 Å². The van der Waals surface area contributed by atoms with Gasteiger partial charge in [-0.3, -0.25) is 14.3 Å². The topological polar surface area (TPSA) is 105 Å². The average Bonchev–Trinajstić information content (AvgIpc) is 2.61. The Morgan fingerprint density at radius 1 is 1.56 bits per heavy atom. The molecule has 3 N–H and O–H groups in total. The fourth-order valence-corrected chi connectivity index (χ4v) is 2.45. The number of aliphatic hydroxyl groups is 2. The van der Waals surface area contributed by atoms with Gasteiger partial charge in [0, 0.05) is 12.1 Å². The fraction of sp³-hybridized carbons (Fsp3) is 0.600. The lowest BCUT2D eigenvalue weighted by Gasteiger charge is -2.18. The number of halogens is 1. The quantitative estimate of drug-likeness (QED) is 0.583. The lowest BCUT2D eigenvalue weighted by molar-refractivity contribution is -0.0477. The number of nitrogens with one attached hydrogen (secondary N) is 1. The Kier molecular flexibility index (Phi) is 3.90. The molecule has 0 aliphatic carbocycles. The van der Waals surface area contributed by atoms with Gasteiger partial charge in [-0.25, -0.2) is 4.79 Å². The van der Waals surface area contributed by atoms with Gasteiger partial charge in [0.15, 0.2) is 0 Å². The minimum absolute atomic E-state index is 0.322. The van der Waals surface area contributed by atoms with Crippen LogP contribution in [-0.2, 0) is 4.74 Å². The number of hydrogen-bond acceptors (Lipinski definition) is 5. The molecule has 0 bridgehead atoms. The van der Waals surface area contributed by atoms with Crippen LogP contribution in [-0.4, -0.2) is 38.6 Å². The highest BCUT2D eigenvalue weighted by Crippen LogP contribution is 2.33. The first-order chi connectivity index (χ1) is 8.45. The smallest absolute Gasteiger partial charge is 0.330 e. The normalized spacial score (nSPS) is 31.8. The van der Waals surface area contributed by atoms with E-state index >= 15 is 0 Å². The van der Waals surface area contributed by atoms with Crippen molar-refractivity contribution >= 4 is 22.6 Å². The van der Waals surface area contributed by atoms with E-state index in [1.165, 1.54) is 10.8 Å². The second-order valence-electron chi connectivity index (χ2n) is 4.24. The van der Waals surface area contributed by atoms with Crippen molar-refractivity contribution in [2.75, 3.05) is 6.61 Å². The Morgan fingerprint density at radius 3 is 2.78 bits per heavy atom. The largest absolute Gasteiger partial charge is 0.394 e. The zero-order chi connectivity index (χ0) is 13.4. The summed E-state index contributed by atoms with van der Waals surface area (Å²) in [5.41, 5.74) is -1.05. The molecule has 1 saturated heterocycles. The maximum Gasteiger partial charge on any atom is 0.330 e. The van der Waals surface area contributed by atoms with Crippen LogP contribution in [0.15, 0.2) is 15.8 Å². The highest BCUT2D eigenvalue weighted by atomic mass is 127. The Hall–Kier alpha value is -0.710. The molecular formula is C10H13IN2O5. The number of hydrogen-bond donors (Lipinski definition) is 3. The van der Waals surface area contributed by atoms with E-state index in [-0.39, 0.29) is 12.5 Å². The number of aromatic nitrogens is 2. The lowest BCUT2D eigenvalue weighted by Crippen LogP contribution is -2.35. The van der Waals surface area contributed by atoms with Crippen LogP contribution < -0.4 is 11.2 Å². The number of aromatic amines is 1. The summed E-state index contributed by atoms with van der Waals surface area (Å²) in [6.07, 6.45) is -0.886. The van der Waals surface area contributed by atoms with Crippen LogP contribution in [0.4, 0.5) is 0 Å². The molecular weight excluding hydrogens is 355 g/mol. The summed E-state index contributed by atoms with van der Waals surface area (Å²) in [6.45, 7) is 1.40. The maximum absolute atomic E-state index is 11.7. The van der Waals surface area contributed by atoms with Gasteiger partial charge in [0.1, 0.15) is 12.3 Å². The van der Waals surface area contributed by atoms with Gasteiger partial charge in [0.2, 0.25) is 0 Å². The molecule has 100 valence electrons. The highest BCUT2D eigenvalue weighted by Gasteiger charge is 2.41. The van der Waals surface area contributed by atoms with Crippen LogP contribution in [0.25, 0.3) is 0 Å². The summed E-state index contributed by atoms with van der Waals surface area (Å²) in [6, 6.07) is 0. The number of aliphatic hydroxyl groups excluding tert-OH is 2. The summed E-state index contributed by atoms with van der Waals surface area (Å²) in [4.78, 5) is 25.1. The second kappa shape index (κ2) is 5.11. The van der Waals surface area contributed by atoms with Crippen molar-refractivity contribution in [3.63, 3.8) is 0 Å². The van der Waals surface area contributed by atoms with Gasteiger partial charge in [-0.05, 0) is 22.6 Å². The van der Waals surface area contributed by atoms with Crippen molar-refractivity contribution in [3.8, 4) is 0 Å². The van der Waals surface area contributed by atoms with Gasteiger partial charge in [-0.1, -0.05) is 6.92 Å². The third-order valence-electron chi connectivity index (χ3n) is 3.06. The molecule has 0 aromatic carbocycles. The van der Waals surface area contributed by atoms with Crippen molar-refractivity contribution in [1.82, 2.24) is 9.55 Å². The zero-order valence-corrected chi connectivity index (χ0v) is 11.7. The SMILES string of the molecule is C[C@@H]1[C@H](O)[C@@H](CO)O[C@H]1n1cc(I)c(=O)[nH]c1=O. The number of nitrogens with zero attached hydrogens (tertiary/aromatic N) is 1. The lowest BCUT2D eigenvalue weighted by atomic mass is 10.0. The molecule has 0 radical (unpaired) electrons. The first-order valence-electron chi connectivity index (χ1n) is 5.41. The molecule has 0 spiro atoms. The van der Waals surface area contributed by atoms with Gasteiger partial charge < -0.3 is 14.9 Å². The molecule has 4 atom stereocenters. The van der Waals surface area contributed by atoms with Crippen LogP contribution >= 0.6 is 22.6 Å². The van der Waals surface area contributed by atoms with E-state index in [0.29, 0.717) is 3.57 Å². The van der Waals surface area contributed by atoms with Gasteiger partial charge in [-0.2, -0.15) is 0 Å². The number of ether oxygens (including phenoxy) is 1. The van der Waals surface area contributed by atoms with E-state index in [0.717, 1.165) is 0 Å². The monoisotopic (exact) mass is 368 g/mol. The molecule has 1 aromatic heterocycles. The minimum Gasteiger partial charge on any atom is -0.394 e. The third-order valence-corrected chi connectivity index (χ3v) is 3.83. The van der Waals surface area contributed by atoms with Gasteiger partial charge in [0.25, 0.3) is 5.56 Å². The predicted octanol–water partition coefficient (Wildman–Crippen LogP) is -0.972. The Balaban J connectivity index is 2.42. The second-order valence-corrected chi connectivity index (χ2v) is 5.40. The molecule has 1 aliphatic heterocycles. The van der Waals surface area contributed by atoms with Crippen LogP contribution in [0.5, 0.6) is 0 Å². The molecule has 0 amide bonds. The first kappa shape index (κ1) is 13.7. The fourth-order valence-electron chi connectivity index (χ4n) is 2.01. The summed E-state index contributed by atoms with van der Waals surface area (Å²) in [5, 5.41) is 18.9. The zero-order valence-electron chi connectivity index (χ0n) is 9.54. The van der Waals surface area contributed by atoms with Crippen molar-refractivity contribution in [3.05, 3.63) is 30.6 Å². The van der Waals surface area contributed by atoms with E-state index in [1.54, 1.807) is 6.92 Å². The highest BCUT2D eigenvalue weighted by molar-refractivity contribution is 14.1. The Labute approximate surface area is 116 Å². The molecule has 18 heavy (non-hydrogen) atoms. The first-order valence-corrected chi connectivity index (χ1v) is 6.49. The number of H-pyrrole nitrogens is 1. The van der Waals surface area contributed by atoms with Crippen molar-refractivity contribution in [2.24, 2.45) is 5.92 Å². The van der Waals surface area contributed by atoms with E-state index in [2.05, 4.69) is 4.98 Å². The van der Waals surface area contributed by atoms with Crippen molar-refractivity contribution in [1.29, 1.82) is 0 Å². The molecule has 1 aliphatic rings. The predicted molar refractivity (Wildman–Crippen MR) is 70.2 cm³/mol. The minimum atomic E-state index is -0.850. The van der Waals surface area contributed by atoms with Gasteiger partial charge in [0.05, 0.1) is 16.3 Å². The molecule has 1 fully saturated rings. The van der Waals surface area contributed by atoms with E-state index in [4.69, 9.17) is 9.84 Å². The molecule has 7 nitrogen and oxygen atoms in total. The molecule has 2 heterocycles. The Morgan fingerprint density at radius 2 is 2.22 bits per heavy atom. The summed E-state index contributed by atoms with van der Waals surface area (Å²) in [7, 11) is 0. The van der Waals surface area contributed by atoms with Crippen molar-refractivity contribution in [2.45, 2.75) is 25.4 Å². The molecule has 0 unspecified atom stereocenters. The summed E-state index contributed by atoms with van der Waals surface area (Å²) >= 11 is 1.81. The van der Waals surface area contributed by atoms with Gasteiger partial charge in [-0.15, -0.1) is 0 Å². The average molecular weight is 368 g/mol. The molecule has 1 aromatic rings. The van der Waals surface area contributed by atoms with Crippen LogP contribution in [0.3, 0.4) is 0 Å². The molecule has 8 heteroatoms. The van der Waals surface area contributed by atoms with Crippen LogP contribution in [0, 0.1) is 9.49 Å². The van der Waals surface area contributed by atoms with Gasteiger partial charge >= 0.3 is 5.69 Å². The van der Waals surface area contributed by atoms with Crippen LogP contribution in [0.1, 0.15) is 13.2 Å². The summed E-state index contributed by atoms with van der Waals surface area (Å²) in [5.74, 6) is -0.360. The van der Waals surface area contributed by atoms with E-state index < -0.39 is 29.7 Å². The number of rotatable bonds is 2. The molecule has 2 rings (SSSR count). The van der Waals surface area contributed by atoms with Crippen molar-refractivity contribution < 1.29 is 14.9 Å². The van der Waals surface area contributed by atoms with Crippen LogP contribution in [0.2, 0.25) is 0 Å². The molecule has 0 saturated carbocycles. The van der Waals surface area contributed by atoms with E-state index in [1.807, 2.05) is 22.6 Å². The maximum atomic E-state index is 11.7. The Bertz CT molecular complexity index is 554. The standard InChI is InChI=1S/C10H13IN2O5/c1-4-7(15)6(3-14)18-9(4)13-2-5(11)8(16)12-10(13)17/h2,4,6-7,9,14-15H,3H2,1H3,(H,12,16,17)/t4-,6-,7+,9-/m1/s1. The summed E-state index contributed by atoms with van der Waals surface area (Å²) < 4.78 is 7.02. The third kappa shape index (κ3) is 2.25.